The lowest BCUT2D eigenvalue weighted by Crippen LogP contribution is -2.64. The standard InChI is InChI=1S/C39H63NO12/c1-17-8-13-39(40-15-17)18(2)25-33(52-39)29(44)26-22-7-6-20-14-21(9-11-37(20,4)23(22)10-12-38(25,26)5)49-36-34(31(46)28(43)24(16-41)50-36)51-35-32(47)30(45)27(42)19(3)48-35/h17-28,30-36,40-43,45-47H,6-16H2,1-5H3/t17-,18+,19-,20-,21-,22-,23+,24-,25+,26-,27-,28-,30+,31-,32-,33-,34+,35-,36+,37-,38+,39-/m0/s1. The van der Waals surface area contributed by atoms with Crippen LogP contribution in [0.2, 0.25) is 0 Å². The number of piperidine rings is 1. The maximum absolute atomic E-state index is 14.5. The van der Waals surface area contributed by atoms with Gasteiger partial charge in [-0.2, -0.15) is 0 Å². The number of carbonyl (C=O) groups is 1. The van der Waals surface area contributed by atoms with Gasteiger partial charge in [0.2, 0.25) is 0 Å². The topological polar surface area (TPSA) is 197 Å². The molecule has 13 heteroatoms. The lowest BCUT2D eigenvalue weighted by Gasteiger charge is -2.61. The third-order valence-corrected chi connectivity index (χ3v) is 16.1. The zero-order valence-corrected chi connectivity index (χ0v) is 31.4. The molecule has 0 aromatic rings. The van der Waals surface area contributed by atoms with Crippen molar-refractivity contribution in [2.75, 3.05) is 13.2 Å². The van der Waals surface area contributed by atoms with Crippen molar-refractivity contribution in [1.82, 2.24) is 5.32 Å². The Bertz CT molecular complexity index is 1330. The summed E-state index contributed by atoms with van der Waals surface area (Å²) in [4.78, 5) is 14.5. The fourth-order valence-corrected chi connectivity index (χ4v) is 13.0. The average molecular weight is 738 g/mol. The number of ketones is 1. The summed E-state index contributed by atoms with van der Waals surface area (Å²) >= 11 is 0. The van der Waals surface area contributed by atoms with E-state index in [0.717, 1.165) is 64.3 Å². The minimum absolute atomic E-state index is 0.0203. The van der Waals surface area contributed by atoms with Gasteiger partial charge in [-0.25, -0.2) is 0 Å². The molecule has 13 nitrogen and oxygen atoms in total. The smallest absolute Gasteiger partial charge is 0.187 e. The van der Waals surface area contributed by atoms with Gasteiger partial charge >= 0.3 is 0 Å². The predicted octanol–water partition coefficient (Wildman–Crippen LogP) is 1.22. The molecule has 4 saturated heterocycles. The lowest BCUT2D eigenvalue weighted by atomic mass is 9.44. The van der Waals surface area contributed by atoms with Crippen LogP contribution in [0.1, 0.15) is 92.4 Å². The maximum atomic E-state index is 14.5. The van der Waals surface area contributed by atoms with E-state index in [1.54, 1.807) is 0 Å². The quantitative estimate of drug-likeness (QED) is 0.199. The molecule has 52 heavy (non-hydrogen) atoms. The van der Waals surface area contributed by atoms with Crippen molar-refractivity contribution in [1.29, 1.82) is 0 Å². The zero-order chi connectivity index (χ0) is 37.1. The highest BCUT2D eigenvalue weighted by molar-refractivity contribution is 5.90. The number of aliphatic hydroxyl groups is 6. The highest BCUT2D eigenvalue weighted by atomic mass is 16.8. The second-order valence-corrected chi connectivity index (χ2v) is 18.8. The van der Waals surface area contributed by atoms with Gasteiger partial charge in [0.05, 0.1) is 18.8 Å². The van der Waals surface area contributed by atoms with Gasteiger partial charge < -0.3 is 54.3 Å². The molecular formula is C39H63NO12. The van der Waals surface area contributed by atoms with Gasteiger partial charge in [-0.3, -0.25) is 10.1 Å². The third-order valence-electron chi connectivity index (χ3n) is 16.1. The first kappa shape index (κ1) is 38.1. The Balaban J connectivity index is 0.957. The summed E-state index contributed by atoms with van der Waals surface area (Å²) in [5.41, 5.74) is -0.409. The van der Waals surface area contributed by atoms with Crippen molar-refractivity contribution < 1.29 is 59.1 Å². The molecule has 1 spiro atoms. The highest BCUT2D eigenvalue weighted by Gasteiger charge is 2.72. The summed E-state index contributed by atoms with van der Waals surface area (Å²) in [6.07, 6.45) is -5.45. The van der Waals surface area contributed by atoms with E-state index >= 15 is 0 Å². The van der Waals surface area contributed by atoms with Crippen molar-refractivity contribution in [3.05, 3.63) is 0 Å². The molecule has 0 aromatic heterocycles. The first-order valence-electron chi connectivity index (χ1n) is 20.2. The summed E-state index contributed by atoms with van der Waals surface area (Å²) < 4.78 is 31.0. The highest BCUT2D eigenvalue weighted by Crippen LogP contribution is 2.70. The predicted molar refractivity (Wildman–Crippen MR) is 184 cm³/mol. The van der Waals surface area contributed by atoms with E-state index in [2.05, 4.69) is 33.0 Å². The number of carbonyl (C=O) groups excluding carboxylic acids is 1. The third kappa shape index (κ3) is 5.73. The summed E-state index contributed by atoms with van der Waals surface area (Å²) in [5, 5.41) is 66.7. The van der Waals surface area contributed by atoms with Gasteiger partial charge in [-0.05, 0) is 99.2 Å². The molecule has 0 amide bonds. The van der Waals surface area contributed by atoms with Crippen LogP contribution in [-0.4, -0.2) is 129 Å². The number of Topliss-reactive ketones (excluding diaryl/α,β-unsaturated/α-hetero) is 1. The Kier molecular flexibility index (Phi) is 10.0. The van der Waals surface area contributed by atoms with Gasteiger partial charge in [0.15, 0.2) is 18.4 Å². The minimum atomic E-state index is -1.62. The lowest BCUT2D eigenvalue weighted by molar-refractivity contribution is -0.371. The number of rotatable bonds is 5. The van der Waals surface area contributed by atoms with E-state index < -0.39 is 68.0 Å². The van der Waals surface area contributed by atoms with E-state index in [9.17, 15) is 35.4 Å². The van der Waals surface area contributed by atoms with Crippen LogP contribution in [0.5, 0.6) is 0 Å². The van der Waals surface area contributed by atoms with E-state index in [1.807, 2.05) is 0 Å². The molecule has 8 aliphatic rings. The first-order valence-corrected chi connectivity index (χ1v) is 20.2. The van der Waals surface area contributed by atoms with Gasteiger partial charge in [-0.15, -0.1) is 0 Å². The number of ether oxygens (including phenoxy) is 5. The van der Waals surface area contributed by atoms with E-state index in [0.29, 0.717) is 29.5 Å². The van der Waals surface area contributed by atoms with E-state index in [-0.39, 0.29) is 46.5 Å². The fraction of sp³-hybridized carbons (Fsp3) is 0.974. The van der Waals surface area contributed by atoms with Crippen LogP contribution in [0.25, 0.3) is 0 Å². The molecule has 4 aliphatic heterocycles. The molecule has 4 aliphatic carbocycles. The van der Waals surface area contributed by atoms with E-state index in [1.165, 1.54) is 6.92 Å². The molecule has 0 unspecified atom stereocenters. The molecule has 0 bridgehead atoms. The number of aliphatic hydroxyl groups excluding tert-OH is 6. The Morgan fingerprint density at radius 1 is 0.808 bits per heavy atom. The van der Waals surface area contributed by atoms with Gasteiger partial charge in [0, 0.05) is 24.3 Å². The molecule has 7 N–H and O–H groups in total. The van der Waals surface area contributed by atoms with Crippen molar-refractivity contribution in [2.24, 2.45) is 52.3 Å². The van der Waals surface area contributed by atoms with Gasteiger partial charge in [0.25, 0.3) is 0 Å². The second-order valence-electron chi connectivity index (χ2n) is 18.8. The zero-order valence-electron chi connectivity index (χ0n) is 31.4. The molecule has 8 fully saturated rings. The van der Waals surface area contributed by atoms with Crippen LogP contribution in [0.3, 0.4) is 0 Å². The van der Waals surface area contributed by atoms with Gasteiger partial charge in [0.1, 0.15) is 54.6 Å². The molecule has 22 atom stereocenters. The second kappa shape index (κ2) is 13.7. The number of fused-ring (bicyclic) bond motifs is 7. The Morgan fingerprint density at radius 3 is 2.27 bits per heavy atom. The van der Waals surface area contributed by atoms with Crippen LogP contribution >= 0.6 is 0 Å². The van der Waals surface area contributed by atoms with Crippen molar-refractivity contribution in [2.45, 2.75) is 172 Å². The Labute approximate surface area is 307 Å². The monoisotopic (exact) mass is 737 g/mol. The van der Waals surface area contributed by atoms with Crippen LogP contribution in [0, 0.1) is 52.3 Å². The summed E-state index contributed by atoms with van der Waals surface area (Å²) in [5.74, 6) is 2.62. The molecular weight excluding hydrogens is 674 g/mol. The van der Waals surface area contributed by atoms with Crippen LogP contribution in [-0.2, 0) is 28.5 Å². The molecule has 8 rings (SSSR count). The Hall–Kier alpha value is -0.810. The van der Waals surface area contributed by atoms with Crippen molar-refractivity contribution >= 4 is 5.78 Å². The van der Waals surface area contributed by atoms with Crippen LogP contribution in [0.15, 0.2) is 0 Å². The maximum Gasteiger partial charge on any atom is 0.187 e. The van der Waals surface area contributed by atoms with Crippen molar-refractivity contribution in [3.8, 4) is 0 Å². The number of hydrogen-bond acceptors (Lipinski definition) is 13. The van der Waals surface area contributed by atoms with Crippen LogP contribution in [0.4, 0.5) is 0 Å². The first-order chi connectivity index (χ1) is 24.6. The number of nitrogens with one attached hydrogen (secondary N) is 1. The Morgan fingerprint density at radius 2 is 1.56 bits per heavy atom. The normalized spacial score (nSPS) is 59.1. The summed E-state index contributed by atoms with van der Waals surface area (Å²) in [6, 6.07) is 0. The largest absolute Gasteiger partial charge is 0.394 e. The van der Waals surface area contributed by atoms with Gasteiger partial charge in [-0.1, -0.05) is 27.7 Å². The summed E-state index contributed by atoms with van der Waals surface area (Å²) in [7, 11) is 0. The average Bonchev–Trinajstić information content (AvgIpc) is 3.53. The molecule has 0 radical (unpaired) electrons. The molecule has 0 aromatic carbocycles. The molecule has 4 heterocycles. The minimum Gasteiger partial charge on any atom is -0.394 e. The number of hydrogen-bond donors (Lipinski definition) is 7. The van der Waals surface area contributed by atoms with Crippen LogP contribution < -0.4 is 5.32 Å². The van der Waals surface area contributed by atoms with Crippen molar-refractivity contribution in [3.63, 3.8) is 0 Å². The fourth-order valence-electron chi connectivity index (χ4n) is 13.0. The molecule has 4 saturated carbocycles. The SMILES string of the molecule is C[C@H]1CC[C@]2(NC1)O[C@@H]1C(=O)[C@@H]3[C@H]4CC[C@H]5C[C@@H](O[C@@H]6O[C@@H](CO)[C@H](O)[C@H](O)[C@H]6O[C@@H]6O[C@@H](C)[C@H](O)[C@@H](O)[C@@H]6O)CC[C@]5(C)[C@@H]4CC[C@]3(C)[C@@H]1[C@H]2C. The molecule has 296 valence electrons. The van der Waals surface area contributed by atoms with E-state index in [4.69, 9.17) is 23.7 Å². The summed E-state index contributed by atoms with van der Waals surface area (Å²) in [6.45, 7) is 11.3.